The molecular formula is C18H22N4O3. The summed E-state index contributed by atoms with van der Waals surface area (Å²) in [6.07, 6.45) is 5.05. The van der Waals surface area contributed by atoms with E-state index in [-0.39, 0.29) is 11.5 Å². The van der Waals surface area contributed by atoms with Crippen molar-refractivity contribution in [2.24, 2.45) is 0 Å². The fraction of sp³-hybridized carbons (Fsp3) is 0.444. The Hall–Kier alpha value is -2.70. The highest BCUT2D eigenvalue weighted by Crippen LogP contribution is 2.14. The summed E-state index contributed by atoms with van der Waals surface area (Å²) in [4.78, 5) is 23.4. The number of carboxylic acids is 1. The van der Waals surface area contributed by atoms with Gasteiger partial charge in [-0.25, -0.2) is 4.79 Å². The molecule has 0 unspecified atom stereocenters. The van der Waals surface area contributed by atoms with Crippen LogP contribution in [0.15, 0.2) is 18.2 Å². The number of aromatic nitrogens is 3. The first-order valence-corrected chi connectivity index (χ1v) is 8.59. The molecule has 0 aliphatic carbocycles. The Morgan fingerprint density at radius 3 is 2.76 bits per heavy atom. The van der Waals surface area contributed by atoms with Crippen LogP contribution in [-0.4, -0.2) is 38.3 Å². The molecule has 1 aromatic carbocycles. The molecule has 7 nitrogen and oxygen atoms in total. The van der Waals surface area contributed by atoms with Gasteiger partial charge in [0.1, 0.15) is 11.6 Å². The summed E-state index contributed by atoms with van der Waals surface area (Å²) < 4.78 is 2.16. The Labute approximate surface area is 146 Å². The summed E-state index contributed by atoms with van der Waals surface area (Å²) in [5.74, 6) is 0.613. The third kappa shape index (κ3) is 4.04. The Kier molecular flexibility index (Phi) is 5.11. The molecule has 0 atom stereocenters. The lowest BCUT2D eigenvalue weighted by atomic mass is 10.1. The number of aryl methyl sites for hydroxylation is 2. The number of nitrogens with one attached hydrogen (secondary N) is 1. The molecule has 0 radical (unpaired) electrons. The minimum Gasteiger partial charge on any atom is -0.478 e. The van der Waals surface area contributed by atoms with Gasteiger partial charge in [-0.3, -0.25) is 4.79 Å². The van der Waals surface area contributed by atoms with Gasteiger partial charge in [0.05, 0.1) is 5.56 Å². The Morgan fingerprint density at radius 2 is 1.96 bits per heavy atom. The number of rotatable bonds is 5. The first kappa shape index (κ1) is 17.1. The van der Waals surface area contributed by atoms with Crippen molar-refractivity contribution in [1.82, 2.24) is 20.1 Å². The predicted molar refractivity (Wildman–Crippen MR) is 91.8 cm³/mol. The predicted octanol–water partition coefficient (Wildman–Crippen LogP) is 1.98. The molecule has 0 fully saturated rings. The van der Waals surface area contributed by atoms with Crippen LogP contribution in [0.1, 0.15) is 57.2 Å². The summed E-state index contributed by atoms with van der Waals surface area (Å²) in [7, 11) is 0. The van der Waals surface area contributed by atoms with Crippen LogP contribution in [0.2, 0.25) is 0 Å². The highest BCUT2D eigenvalue weighted by atomic mass is 16.4. The van der Waals surface area contributed by atoms with E-state index in [0.717, 1.165) is 43.0 Å². The van der Waals surface area contributed by atoms with Gasteiger partial charge >= 0.3 is 5.97 Å². The second-order valence-corrected chi connectivity index (χ2v) is 6.39. The minimum atomic E-state index is -1.04. The van der Waals surface area contributed by atoms with Crippen LogP contribution in [0, 0.1) is 6.92 Å². The van der Waals surface area contributed by atoms with E-state index < -0.39 is 5.97 Å². The van der Waals surface area contributed by atoms with Crippen molar-refractivity contribution >= 4 is 11.9 Å². The Morgan fingerprint density at radius 1 is 1.16 bits per heavy atom. The van der Waals surface area contributed by atoms with E-state index in [1.54, 1.807) is 19.1 Å². The van der Waals surface area contributed by atoms with Crippen LogP contribution in [0.5, 0.6) is 0 Å². The number of carboxylic acid groups (broad SMARTS) is 1. The highest BCUT2D eigenvalue weighted by Gasteiger charge is 2.15. The zero-order chi connectivity index (χ0) is 17.8. The maximum absolute atomic E-state index is 12.3. The van der Waals surface area contributed by atoms with E-state index in [9.17, 15) is 9.59 Å². The number of benzene rings is 1. The van der Waals surface area contributed by atoms with Gasteiger partial charge in [0, 0.05) is 31.5 Å². The molecule has 2 N–H and O–H groups in total. The number of hydrogen-bond donors (Lipinski definition) is 2. The molecule has 3 rings (SSSR count). The van der Waals surface area contributed by atoms with Gasteiger partial charge in [0.25, 0.3) is 5.91 Å². The average Bonchev–Trinajstić information content (AvgIpc) is 2.81. The normalized spacial score (nSPS) is 13.8. The van der Waals surface area contributed by atoms with Crippen molar-refractivity contribution in [3.05, 3.63) is 46.5 Å². The Bertz CT molecular complexity index is 798. The molecule has 2 aromatic rings. The minimum absolute atomic E-state index is 0.118. The zero-order valence-electron chi connectivity index (χ0n) is 14.3. The van der Waals surface area contributed by atoms with Crippen LogP contribution >= 0.6 is 0 Å². The second kappa shape index (κ2) is 7.46. The highest BCUT2D eigenvalue weighted by molar-refractivity contribution is 5.97. The summed E-state index contributed by atoms with van der Waals surface area (Å²) in [5.41, 5.74) is 1.22. The molecule has 25 heavy (non-hydrogen) atoms. The van der Waals surface area contributed by atoms with Crippen molar-refractivity contribution in [1.29, 1.82) is 0 Å². The molecule has 1 amide bonds. The van der Waals surface area contributed by atoms with E-state index in [1.807, 2.05) is 0 Å². The topological polar surface area (TPSA) is 97.1 Å². The number of nitrogens with zero attached hydrogens (tertiary/aromatic N) is 3. The lowest BCUT2D eigenvalue weighted by Crippen LogP contribution is -2.27. The molecule has 1 aliphatic rings. The van der Waals surface area contributed by atoms with Crippen molar-refractivity contribution < 1.29 is 14.7 Å². The van der Waals surface area contributed by atoms with Crippen molar-refractivity contribution in [2.75, 3.05) is 6.54 Å². The largest absolute Gasteiger partial charge is 0.478 e. The fourth-order valence-corrected chi connectivity index (χ4v) is 3.16. The maximum atomic E-state index is 12.3. The summed E-state index contributed by atoms with van der Waals surface area (Å²) >= 11 is 0. The van der Waals surface area contributed by atoms with Gasteiger partial charge < -0.3 is 15.0 Å². The number of carbonyl (C=O) groups is 2. The zero-order valence-corrected chi connectivity index (χ0v) is 14.3. The number of fused-ring (bicyclic) bond motifs is 1. The number of hydrogen-bond acceptors (Lipinski definition) is 4. The SMILES string of the molecule is Cc1cc(C(=O)O)cc(C(=O)NCCc2nnc3n2CCCCC3)c1. The maximum Gasteiger partial charge on any atom is 0.335 e. The summed E-state index contributed by atoms with van der Waals surface area (Å²) in [5, 5.41) is 20.4. The number of aromatic carboxylic acids is 1. The molecule has 2 heterocycles. The quantitative estimate of drug-likeness (QED) is 0.866. The van der Waals surface area contributed by atoms with E-state index in [2.05, 4.69) is 20.1 Å². The molecule has 132 valence electrons. The first-order valence-electron chi connectivity index (χ1n) is 8.59. The third-order valence-corrected chi connectivity index (χ3v) is 4.41. The molecule has 1 aliphatic heterocycles. The third-order valence-electron chi connectivity index (χ3n) is 4.41. The molecule has 1 aromatic heterocycles. The smallest absolute Gasteiger partial charge is 0.335 e. The van der Waals surface area contributed by atoms with Crippen LogP contribution in [0.4, 0.5) is 0 Å². The standard InChI is InChI=1S/C18H22N4O3/c1-12-9-13(11-14(10-12)18(24)25)17(23)19-7-6-16-21-20-15-5-3-2-4-8-22(15)16/h9-11H,2-8H2,1H3,(H,19,23)(H,24,25). The molecule has 0 bridgehead atoms. The van der Waals surface area contributed by atoms with Crippen molar-refractivity contribution in [2.45, 2.75) is 45.6 Å². The van der Waals surface area contributed by atoms with E-state index in [4.69, 9.17) is 5.11 Å². The van der Waals surface area contributed by atoms with E-state index in [1.165, 1.54) is 12.5 Å². The first-order chi connectivity index (χ1) is 12.0. The molecule has 0 spiro atoms. The average molecular weight is 342 g/mol. The molecule has 7 heteroatoms. The number of amides is 1. The summed E-state index contributed by atoms with van der Waals surface area (Å²) in [6, 6.07) is 4.63. The monoisotopic (exact) mass is 342 g/mol. The fourth-order valence-electron chi connectivity index (χ4n) is 3.16. The Balaban J connectivity index is 1.62. The van der Waals surface area contributed by atoms with E-state index >= 15 is 0 Å². The van der Waals surface area contributed by atoms with Crippen LogP contribution in [-0.2, 0) is 19.4 Å². The van der Waals surface area contributed by atoms with E-state index in [0.29, 0.717) is 18.5 Å². The van der Waals surface area contributed by atoms with Crippen LogP contribution in [0.25, 0.3) is 0 Å². The lowest BCUT2D eigenvalue weighted by molar-refractivity contribution is 0.0696. The van der Waals surface area contributed by atoms with Gasteiger partial charge in [0.2, 0.25) is 0 Å². The van der Waals surface area contributed by atoms with Gasteiger partial charge in [-0.2, -0.15) is 0 Å². The van der Waals surface area contributed by atoms with Crippen LogP contribution < -0.4 is 5.32 Å². The van der Waals surface area contributed by atoms with Gasteiger partial charge in [-0.15, -0.1) is 10.2 Å². The molecular weight excluding hydrogens is 320 g/mol. The molecule has 0 saturated heterocycles. The van der Waals surface area contributed by atoms with Gasteiger partial charge in [-0.05, 0) is 43.5 Å². The van der Waals surface area contributed by atoms with Crippen LogP contribution in [0.3, 0.4) is 0 Å². The van der Waals surface area contributed by atoms with Crippen molar-refractivity contribution in [3.63, 3.8) is 0 Å². The second-order valence-electron chi connectivity index (χ2n) is 6.39. The molecule has 0 saturated carbocycles. The van der Waals surface area contributed by atoms with Crippen molar-refractivity contribution in [3.8, 4) is 0 Å². The lowest BCUT2D eigenvalue weighted by Gasteiger charge is -2.09. The van der Waals surface area contributed by atoms with Gasteiger partial charge in [-0.1, -0.05) is 6.42 Å². The van der Waals surface area contributed by atoms with Gasteiger partial charge in [0.15, 0.2) is 0 Å². The number of carbonyl (C=O) groups excluding carboxylic acids is 1. The summed E-state index contributed by atoms with van der Waals surface area (Å²) in [6.45, 7) is 3.15.